The highest BCUT2D eigenvalue weighted by Gasteiger charge is 2.38. The number of hydrogen-bond donors (Lipinski definition) is 1. The zero-order valence-electron chi connectivity index (χ0n) is 25.3. The van der Waals surface area contributed by atoms with Gasteiger partial charge in [-0.1, -0.05) is 30.8 Å². The first-order chi connectivity index (χ1) is 20.2. The number of aromatic nitrogens is 3. The molecule has 2 aliphatic heterocycles. The summed E-state index contributed by atoms with van der Waals surface area (Å²) in [5.74, 6) is 0.487. The molecule has 1 aromatic carbocycles. The van der Waals surface area contributed by atoms with Crippen molar-refractivity contribution >= 4 is 22.9 Å². The largest absolute Gasteiger partial charge is 0.379 e. The van der Waals surface area contributed by atoms with Gasteiger partial charge >= 0.3 is 0 Å². The summed E-state index contributed by atoms with van der Waals surface area (Å²) in [6, 6.07) is 12.1. The molecule has 2 fully saturated rings. The molecule has 1 unspecified atom stereocenters. The molecule has 0 aliphatic carbocycles. The van der Waals surface area contributed by atoms with Crippen molar-refractivity contribution in [2.24, 2.45) is 0 Å². The Kier molecular flexibility index (Phi) is 9.05. The van der Waals surface area contributed by atoms with Crippen LogP contribution in [0.15, 0.2) is 60.0 Å². The summed E-state index contributed by atoms with van der Waals surface area (Å²) >= 11 is 0. The number of pyridine rings is 1. The maximum atomic E-state index is 12.5. The molecule has 2 aliphatic rings. The Balaban J connectivity index is 1.36. The average molecular weight is 574 g/mol. The minimum absolute atomic E-state index is 0.00161. The second-order valence-corrected chi connectivity index (χ2v) is 11.8. The lowest BCUT2D eigenvalue weighted by atomic mass is 9.87. The van der Waals surface area contributed by atoms with E-state index in [1.165, 1.54) is 11.6 Å². The Morgan fingerprint density at radius 2 is 1.74 bits per heavy atom. The molecule has 1 N–H and O–H groups in total. The van der Waals surface area contributed by atoms with Crippen LogP contribution in [0.5, 0.6) is 0 Å². The third-order valence-electron chi connectivity index (χ3n) is 8.66. The fraction of sp³-hybridized carbons (Fsp3) is 0.500. The summed E-state index contributed by atoms with van der Waals surface area (Å²) in [7, 11) is 0. The summed E-state index contributed by atoms with van der Waals surface area (Å²) in [6.45, 7) is 19.3. The molecule has 2 aromatic heterocycles. The molecular weight excluding hydrogens is 530 g/mol. The molecular formula is C32H43N7O3. The van der Waals surface area contributed by atoms with Crippen molar-refractivity contribution in [1.82, 2.24) is 29.2 Å². The number of nitrogens with zero attached hydrogens (tertiary/aromatic N) is 6. The van der Waals surface area contributed by atoms with Gasteiger partial charge in [-0.05, 0) is 51.0 Å². The van der Waals surface area contributed by atoms with Gasteiger partial charge in [-0.2, -0.15) is 4.98 Å². The summed E-state index contributed by atoms with van der Waals surface area (Å²) in [5, 5.41) is 4.26. The van der Waals surface area contributed by atoms with Crippen LogP contribution in [0.3, 0.4) is 0 Å². The highest BCUT2D eigenvalue weighted by molar-refractivity contribution is 5.87. The van der Waals surface area contributed by atoms with Crippen molar-refractivity contribution in [3.05, 3.63) is 76.7 Å². The number of rotatable bonds is 9. The van der Waals surface area contributed by atoms with Gasteiger partial charge in [0.1, 0.15) is 5.65 Å². The summed E-state index contributed by atoms with van der Waals surface area (Å²) in [5.41, 5.74) is 2.70. The van der Waals surface area contributed by atoms with Crippen molar-refractivity contribution in [3.63, 3.8) is 0 Å². The number of benzene rings is 1. The van der Waals surface area contributed by atoms with Gasteiger partial charge in [-0.25, -0.2) is 4.98 Å². The van der Waals surface area contributed by atoms with Crippen molar-refractivity contribution in [3.8, 4) is 0 Å². The van der Waals surface area contributed by atoms with Gasteiger partial charge in [0, 0.05) is 69.5 Å². The molecule has 42 heavy (non-hydrogen) atoms. The third kappa shape index (κ3) is 6.25. The van der Waals surface area contributed by atoms with E-state index >= 15 is 0 Å². The van der Waals surface area contributed by atoms with Gasteiger partial charge in [0.05, 0.1) is 24.8 Å². The topological polar surface area (TPSA) is 95.8 Å². The predicted molar refractivity (Wildman–Crippen MR) is 166 cm³/mol. The van der Waals surface area contributed by atoms with Gasteiger partial charge < -0.3 is 15.0 Å². The van der Waals surface area contributed by atoms with Gasteiger partial charge in [0.2, 0.25) is 11.9 Å². The Bertz CT molecular complexity index is 1460. The first-order valence-electron chi connectivity index (χ1n) is 14.9. The van der Waals surface area contributed by atoms with Crippen molar-refractivity contribution < 1.29 is 9.53 Å². The van der Waals surface area contributed by atoms with E-state index in [9.17, 15) is 9.59 Å². The number of carbonyl (C=O) groups excluding carboxylic acids is 1. The van der Waals surface area contributed by atoms with E-state index in [4.69, 9.17) is 9.72 Å². The van der Waals surface area contributed by atoms with E-state index in [1.54, 1.807) is 22.9 Å². The fourth-order valence-corrected chi connectivity index (χ4v) is 6.13. The van der Waals surface area contributed by atoms with E-state index in [0.29, 0.717) is 24.7 Å². The highest BCUT2D eigenvalue weighted by atomic mass is 16.5. The molecule has 10 heteroatoms. The maximum absolute atomic E-state index is 12.5. The monoisotopic (exact) mass is 573 g/mol. The Labute approximate surface area is 248 Å². The number of fused-ring (bicyclic) bond motifs is 1. The van der Waals surface area contributed by atoms with Crippen molar-refractivity contribution in [2.45, 2.75) is 45.3 Å². The number of amides is 1. The number of carbonyl (C=O) groups is 1. The third-order valence-corrected chi connectivity index (χ3v) is 8.66. The maximum Gasteiger partial charge on any atom is 0.252 e. The van der Waals surface area contributed by atoms with E-state index < -0.39 is 0 Å². The van der Waals surface area contributed by atoms with E-state index in [2.05, 4.69) is 64.8 Å². The van der Waals surface area contributed by atoms with Crippen LogP contribution in [0.25, 0.3) is 11.0 Å². The zero-order valence-corrected chi connectivity index (χ0v) is 25.3. The molecule has 2 atom stereocenters. The number of anilines is 1. The Morgan fingerprint density at radius 3 is 2.38 bits per heavy atom. The molecule has 1 amide bonds. The molecule has 224 valence electrons. The zero-order chi connectivity index (χ0) is 29.9. The minimum atomic E-state index is -0.224. The van der Waals surface area contributed by atoms with Gasteiger partial charge in [0.15, 0.2) is 0 Å². The lowest BCUT2D eigenvalue weighted by Crippen LogP contribution is -2.59. The molecule has 0 saturated carbocycles. The summed E-state index contributed by atoms with van der Waals surface area (Å²) in [6.07, 6.45) is 3.17. The SMILES string of the molecule is C=CC(=O)N1CCN(C(C)(CN2CCOCC2)c2ccc([C@H](C)Nc3ncc4ccc(=O)n(C(C)C)c4n3)cc2)CC1. The predicted octanol–water partition coefficient (Wildman–Crippen LogP) is 3.42. The van der Waals surface area contributed by atoms with Gasteiger partial charge in [-0.3, -0.25) is 24.0 Å². The van der Waals surface area contributed by atoms with Crippen LogP contribution in [0.2, 0.25) is 0 Å². The lowest BCUT2D eigenvalue weighted by Gasteiger charge is -2.48. The van der Waals surface area contributed by atoms with E-state index in [1.807, 2.05) is 18.7 Å². The molecule has 10 nitrogen and oxygen atoms in total. The molecule has 3 aromatic rings. The highest BCUT2D eigenvalue weighted by Crippen LogP contribution is 2.32. The number of nitrogens with one attached hydrogen (secondary N) is 1. The van der Waals surface area contributed by atoms with Crippen LogP contribution >= 0.6 is 0 Å². The molecule has 0 bridgehead atoms. The molecule has 4 heterocycles. The number of piperazine rings is 1. The van der Waals surface area contributed by atoms with Crippen LogP contribution in [-0.2, 0) is 15.1 Å². The molecule has 5 rings (SSSR count). The lowest BCUT2D eigenvalue weighted by molar-refractivity contribution is -0.129. The number of morpholine rings is 1. The molecule has 0 spiro atoms. The van der Waals surface area contributed by atoms with Crippen molar-refractivity contribution in [1.29, 1.82) is 0 Å². The van der Waals surface area contributed by atoms with Gasteiger partial charge in [-0.15, -0.1) is 0 Å². The number of hydrogen-bond acceptors (Lipinski definition) is 8. The van der Waals surface area contributed by atoms with Crippen molar-refractivity contribution in [2.75, 3.05) is 64.3 Å². The fourth-order valence-electron chi connectivity index (χ4n) is 6.13. The normalized spacial score (nSPS) is 19.0. The van der Waals surface area contributed by atoms with Crippen LogP contribution in [0.1, 0.15) is 50.9 Å². The van der Waals surface area contributed by atoms with Crippen LogP contribution in [0, 0.1) is 0 Å². The van der Waals surface area contributed by atoms with Gasteiger partial charge in [0.25, 0.3) is 5.56 Å². The van der Waals surface area contributed by atoms with Crippen LogP contribution in [0.4, 0.5) is 5.95 Å². The van der Waals surface area contributed by atoms with Crippen LogP contribution in [-0.4, -0.2) is 94.2 Å². The smallest absolute Gasteiger partial charge is 0.252 e. The quantitative estimate of drug-likeness (QED) is 0.389. The Hall–Kier alpha value is -3.60. The Morgan fingerprint density at radius 1 is 1.05 bits per heavy atom. The second-order valence-electron chi connectivity index (χ2n) is 11.8. The molecule has 2 saturated heterocycles. The average Bonchev–Trinajstić information content (AvgIpc) is 3.01. The van der Waals surface area contributed by atoms with E-state index in [-0.39, 0.29) is 29.1 Å². The molecule has 0 radical (unpaired) electrons. The standard InChI is InChI=1S/C32H43N7O3/c1-6-28(40)37-13-15-38(16-14-37)32(5,22-36-17-19-42-20-18-36)27-10-7-25(8-11-27)24(4)34-31-33-21-26-9-12-29(41)39(23(2)3)30(26)35-31/h6-12,21,23-24H,1,13-20,22H2,2-5H3,(H,33,34,35)/t24-,32?/m0/s1. The minimum Gasteiger partial charge on any atom is -0.379 e. The second kappa shape index (κ2) is 12.7. The number of ether oxygens (including phenoxy) is 1. The first-order valence-corrected chi connectivity index (χ1v) is 14.9. The first kappa shape index (κ1) is 29.9. The van der Waals surface area contributed by atoms with Crippen LogP contribution < -0.4 is 10.9 Å². The summed E-state index contributed by atoms with van der Waals surface area (Å²) < 4.78 is 7.31. The summed E-state index contributed by atoms with van der Waals surface area (Å²) in [4.78, 5) is 40.8. The van der Waals surface area contributed by atoms with E-state index in [0.717, 1.165) is 56.9 Å².